The van der Waals surface area contributed by atoms with Crippen LogP contribution in [0.25, 0.3) is 5.69 Å². The summed E-state index contributed by atoms with van der Waals surface area (Å²) < 4.78 is 1.68. The van der Waals surface area contributed by atoms with Crippen LogP contribution in [-0.4, -0.2) is 38.2 Å². The maximum atomic E-state index is 12.5. The third kappa shape index (κ3) is 2.68. The second kappa shape index (κ2) is 5.68. The number of amides is 1. The van der Waals surface area contributed by atoms with Crippen molar-refractivity contribution in [1.29, 1.82) is 0 Å². The van der Waals surface area contributed by atoms with Crippen LogP contribution in [0.3, 0.4) is 0 Å². The Bertz CT molecular complexity index is 649. The minimum atomic E-state index is -0.0606. The smallest absolute Gasteiger partial charge is 0.293 e. The van der Waals surface area contributed by atoms with Crippen LogP contribution >= 0.6 is 0 Å². The van der Waals surface area contributed by atoms with Crippen LogP contribution in [0, 0.1) is 6.92 Å². The number of benzene rings is 1. The number of nitrogens with zero attached hydrogens (tertiary/aromatic N) is 4. The molecule has 110 valence electrons. The number of hydrogen-bond donors (Lipinski definition) is 0. The molecule has 0 spiro atoms. The van der Waals surface area contributed by atoms with Gasteiger partial charge in [-0.2, -0.15) is 0 Å². The maximum absolute atomic E-state index is 12.5. The van der Waals surface area contributed by atoms with Gasteiger partial charge in [0.1, 0.15) is 6.33 Å². The zero-order valence-electron chi connectivity index (χ0n) is 12.5. The summed E-state index contributed by atoms with van der Waals surface area (Å²) in [7, 11) is 0. The number of aryl methyl sites for hydroxylation is 1. The predicted octanol–water partition coefficient (Wildman–Crippen LogP) is 2.59. The van der Waals surface area contributed by atoms with Gasteiger partial charge < -0.3 is 4.90 Å². The van der Waals surface area contributed by atoms with E-state index < -0.39 is 0 Å². The molecule has 5 nitrogen and oxygen atoms in total. The first-order valence-electron chi connectivity index (χ1n) is 7.45. The molecule has 21 heavy (non-hydrogen) atoms. The van der Waals surface area contributed by atoms with Crippen LogP contribution in [0.2, 0.25) is 0 Å². The highest BCUT2D eigenvalue weighted by atomic mass is 16.2. The van der Waals surface area contributed by atoms with Crippen LogP contribution in [0.1, 0.15) is 42.4 Å². The average Bonchev–Trinajstić information content (AvgIpc) is 2.97. The Morgan fingerprint density at radius 2 is 2.10 bits per heavy atom. The first-order valence-corrected chi connectivity index (χ1v) is 7.45. The van der Waals surface area contributed by atoms with Crippen molar-refractivity contribution in [2.45, 2.75) is 39.2 Å². The molecule has 1 fully saturated rings. The van der Waals surface area contributed by atoms with E-state index in [1.54, 1.807) is 11.0 Å². The van der Waals surface area contributed by atoms with Gasteiger partial charge in [-0.15, -0.1) is 5.10 Å². The molecular formula is C16H20N4O. The summed E-state index contributed by atoms with van der Waals surface area (Å²) in [5.74, 6) is 0.224. The molecule has 0 aliphatic carbocycles. The maximum Gasteiger partial charge on any atom is 0.293 e. The lowest BCUT2D eigenvalue weighted by atomic mass is 10.0. The average molecular weight is 284 g/mol. The molecule has 3 rings (SSSR count). The van der Waals surface area contributed by atoms with Gasteiger partial charge >= 0.3 is 0 Å². The molecule has 0 saturated carbocycles. The Kier molecular flexibility index (Phi) is 3.73. The number of piperidine rings is 1. The van der Waals surface area contributed by atoms with Crippen LogP contribution in [0.15, 0.2) is 30.6 Å². The highest BCUT2D eigenvalue weighted by Crippen LogP contribution is 2.18. The SMILES string of the molecule is Cc1ccccc1-n1cnc(C(=O)N2CCCCC2C)n1. The van der Waals surface area contributed by atoms with Gasteiger partial charge in [0, 0.05) is 12.6 Å². The van der Waals surface area contributed by atoms with Gasteiger partial charge in [0.2, 0.25) is 5.82 Å². The third-order valence-electron chi connectivity index (χ3n) is 4.11. The van der Waals surface area contributed by atoms with E-state index in [1.807, 2.05) is 36.1 Å². The number of hydrogen-bond acceptors (Lipinski definition) is 3. The predicted molar refractivity (Wildman–Crippen MR) is 80.4 cm³/mol. The lowest BCUT2D eigenvalue weighted by Gasteiger charge is -2.32. The molecule has 0 bridgehead atoms. The van der Waals surface area contributed by atoms with E-state index in [0.29, 0.717) is 0 Å². The molecule has 2 heterocycles. The van der Waals surface area contributed by atoms with E-state index in [9.17, 15) is 4.79 Å². The molecule has 1 aliphatic heterocycles. The van der Waals surface area contributed by atoms with E-state index in [4.69, 9.17) is 0 Å². The van der Waals surface area contributed by atoms with Gasteiger partial charge in [-0.3, -0.25) is 4.79 Å². The van der Waals surface area contributed by atoms with Gasteiger partial charge in [-0.05, 0) is 44.7 Å². The molecule has 1 atom stereocenters. The zero-order chi connectivity index (χ0) is 14.8. The standard InChI is InChI=1S/C16H20N4O/c1-12-7-3-4-9-14(12)20-11-17-15(18-20)16(21)19-10-6-5-8-13(19)2/h3-4,7,9,11,13H,5-6,8,10H2,1-2H3. The van der Waals surface area contributed by atoms with Crippen molar-refractivity contribution in [2.75, 3.05) is 6.54 Å². The summed E-state index contributed by atoms with van der Waals surface area (Å²) in [5.41, 5.74) is 2.06. The van der Waals surface area contributed by atoms with Gasteiger partial charge in [0.25, 0.3) is 5.91 Å². The Balaban J connectivity index is 1.85. The Hall–Kier alpha value is -2.17. The van der Waals surface area contributed by atoms with Crippen molar-refractivity contribution in [3.05, 3.63) is 42.0 Å². The lowest BCUT2D eigenvalue weighted by Crippen LogP contribution is -2.42. The van der Waals surface area contributed by atoms with Crippen molar-refractivity contribution in [1.82, 2.24) is 19.7 Å². The molecule has 1 unspecified atom stereocenters. The summed E-state index contributed by atoms with van der Waals surface area (Å²) in [6.07, 6.45) is 4.93. The summed E-state index contributed by atoms with van der Waals surface area (Å²) in [6, 6.07) is 8.21. The minimum absolute atomic E-state index is 0.0606. The molecule has 1 amide bonds. The Labute approximate surface area is 124 Å². The molecule has 1 saturated heterocycles. The third-order valence-corrected chi connectivity index (χ3v) is 4.11. The largest absolute Gasteiger partial charge is 0.333 e. The van der Waals surface area contributed by atoms with E-state index >= 15 is 0 Å². The summed E-state index contributed by atoms with van der Waals surface area (Å²) in [4.78, 5) is 18.6. The molecule has 1 aromatic heterocycles. The fourth-order valence-corrected chi connectivity index (χ4v) is 2.83. The molecular weight excluding hydrogens is 264 g/mol. The van der Waals surface area contributed by atoms with Crippen molar-refractivity contribution < 1.29 is 4.79 Å². The van der Waals surface area contributed by atoms with Crippen LogP contribution in [-0.2, 0) is 0 Å². The molecule has 1 aromatic carbocycles. The monoisotopic (exact) mass is 284 g/mol. The Morgan fingerprint density at radius 1 is 1.29 bits per heavy atom. The van der Waals surface area contributed by atoms with E-state index in [2.05, 4.69) is 17.0 Å². The fourth-order valence-electron chi connectivity index (χ4n) is 2.83. The zero-order valence-corrected chi connectivity index (χ0v) is 12.5. The van der Waals surface area contributed by atoms with E-state index in [1.165, 1.54) is 6.42 Å². The number of carbonyl (C=O) groups excluding carboxylic acids is 1. The molecule has 5 heteroatoms. The van der Waals surface area contributed by atoms with Crippen molar-refractivity contribution in [3.63, 3.8) is 0 Å². The van der Waals surface area contributed by atoms with Gasteiger partial charge in [-0.25, -0.2) is 9.67 Å². The van der Waals surface area contributed by atoms with Crippen LogP contribution in [0.5, 0.6) is 0 Å². The molecule has 0 radical (unpaired) electrons. The van der Waals surface area contributed by atoms with Crippen molar-refractivity contribution in [3.8, 4) is 5.69 Å². The van der Waals surface area contributed by atoms with Crippen LogP contribution < -0.4 is 0 Å². The first-order chi connectivity index (χ1) is 10.2. The van der Waals surface area contributed by atoms with E-state index in [-0.39, 0.29) is 17.8 Å². The number of rotatable bonds is 2. The highest BCUT2D eigenvalue weighted by Gasteiger charge is 2.26. The minimum Gasteiger partial charge on any atom is -0.333 e. The molecule has 1 aliphatic rings. The quantitative estimate of drug-likeness (QED) is 0.851. The fraction of sp³-hybridized carbons (Fsp3) is 0.438. The summed E-state index contributed by atoms with van der Waals surface area (Å²) >= 11 is 0. The molecule has 0 N–H and O–H groups in total. The Morgan fingerprint density at radius 3 is 2.86 bits per heavy atom. The second-order valence-corrected chi connectivity index (χ2v) is 5.64. The lowest BCUT2D eigenvalue weighted by molar-refractivity contribution is 0.0623. The van der Waals surface area contributed by atoms with Crippen LogP contribution in [0.4, 0.5) is 0 Å². The first kappa shape index (κ1) is 13.8. The summed E-state index contributed by atoms with van der Waals surface area (Å²) in [6.45, 7) is 4.92. The van der Waals surface area contributed by atoms with Gasteiger partial charge in [0.05, 0.1) is 5.69 Å². The number of para-hydroxylation sites is 1. The number of carbonyl (C=O) groups is 1. The number of likely N-dealkylation sites (tertiary alicyclic amines) is 1. The summed E-state index contributed by atoms with van der Waals surface area (Å²) in [5, 5.41) is 4.37. The van der Waals surface area contributed by atoms with Crippen molar-refractivity contribution >= 4 is 5.91 Å². The van der Waals surface area contributed by atoms with Gasteiger partial charge in [-0.1, -0.05) is 18.2 Å². The van der Waals surface area contributed by atoms with Gasteiger partial charge in [0.15, 0.2) is 0 Å². The van der Waals surface area contributed by atoms with Crippen molar-refractivity contribution in [2.24, 2.45) is 0 Å². The second-order valence-electron chi connectivity index (χ2n) is 5.64. The topological polar surface area (TPSA) is 51.0 Å². The normalized spacial score (nSPS) is 18.8. The highest BCUT2D eigenvalue weighted by molar-refractivity contribution is 5.90. The number of aromatic nitrogens is 3. The van der Waals surface area contributed by atoms with E-state index in [0.717, 1.165) is 30.6 Å². The molecule has 2 aromatic rings.